The maximum Gasteiger partial charge on any atom is 0.329 e. The highest BCUT2D eigenvalue weighted by Gasteiger charge is 2.57. The van der Waals surface area contributed by atoms with Gasteiger partial charge in [-0.3, -0.25) is 14.4 Å². The predicted octanol–water partition coefficient (Wildman–Crippen LogP) is 9.87. The first kappa shape index (κ1) is 56.1. The summed E-state index contributed by atoms with van der Waals surface area (Å²) in [6.45, 7) is 25.8. The topological polar surface area (TPSA) is 147 Å². The van der Waals surface area contributed by atoms with E-state index in [1.807, 2.05) is 26.8 Å². The van der Waals surface area contributed by atoms with Gasteiger partial charge < -0.3 is 38.1 Å². The number of ketones is 2. The van der Waals surface area contributed by atoms with Crippen molar-refractivity contribution in [3.8, 4) is 0 Å². The summed E-state index contributed by atoms with van der Waals surface area (Å²) in [6.07, 6.45) is 11.8. The Labute approximate surface area is 399 Å². The van der Waals surface area contributed by atoms with Gasteiger partial charge in [-0.05, 0) is 118 Å². The van der Waals surface area contributed by atoms with Crippen molar-refractivity contribution in [2.75, 3.05) is 27.9 Å². The Morgan fingerprint density at radius 3 is 2.09 bits per heavy atom. The SMILES string of the molecule is CCCC1C=C(C)CC(C)CC(OC)C2OC(O)(C(=O)C(=O)N3CCCCC3C(=O)OC(C(C)=CC3CCC(O[Si](C(C)C)(C(C)C)C(C)C)C(OC)C3)C(C)C=CC1=O)C(C)CC2OC. The van der Waals surface area contributed by atoms with E-state index >= 15 is 0 Å². The molecule has 2 saturated heterocycles. The molecule has 1 aliphatic carbocycles. The Morgan fingerprint density at radius 1 is 0.879 bits per heavy atom. The van der Waals surface area contributed by atoms with Crippen molar-refractivity contribution < 1.29 is 52.4 Å². The molecule has 4 aliphatic rings. The maximum absolute atomic E-state index is 14.6. The number of amides is 1. The van der Waals surface area contributed by atoms with Gasteiger partial charge in [-0.1, -0.05) is 99.5 Å². The van der Waals surface area contributed by atoms with Crippen LogP contribution < -0.4 is 0 Å². The second kappa shape index (κ2) is 24.9. The van der Waals surface area contributed by atoms with Gasteiger partial charge in [0.2, 0.25) is 14.1 Å². The highest BCUT2D eigenvalue weighted by Crippen LogP contribution is 2.46. The van der Waals surface area contributed by atoms with Gasteiger partial charge in [0.1, 0.15) is 18.2 Å². The largest absolute Gasteiger partial charge is 0.456 e. The van der Waals surface area contributed by atoms with Crippen molar-refractivity contribution in [1.29, 1.82) is 0 Å². The lowest BCUT2D eigenvalue weighted by atomic mass is 9.82. The quantitative estimate of drug-likeness (QED) is 0.0863. The van der Waals surface area contributed by atoms with Crippen LogP contribution in [0.5, 0.6) is 0 Å². The Morgan fingerprint density at radius 2 is 1.50 bits per heavy atom. The Hall–Kier alpha value is -2.52. The van der Waals surface area contributed by atoms with E-state index in [9.17, 15) is 24.3 Å². The zero-order chi connectivity index (χ0) is 49.3. The van der Waals surface area contributed by atoms with E-state index in [-0.39, 0.29) is 48.7 Å². The molecule has 3 aliphatic heterocycles. The molecule has 0 aromatic carbocycles. The number of hydrogen-bond acceptors (Lipinski definition) is 11. The van der Waals surface area contributed by atoms with Crippen LogP contribution in [-0.2, 0) is 47.3 Å². The molecule has 3 heterocycles. The predicted molar refractivity (Wildman–Crippen MR) is 261 cm³/mol. The molecule has 1 N–H and O–H groups in total. The van der Waals surface area contributed by atoms with Crippen LogP contribution in [0.15, 0.2) is 35.5 Å². The average Bonchev–Trinajstić information content (AvgIpc) is 3.27. The summed E-state index contributed by atoms with van der Waals surface area (Å²) >= 11 is 0. The van der Waals surface area contributed by atoms with Gasteiger partial charge in [-0.2, -0.15) is 0 Å². The van der Waals surface area contributed by atoms with Crippen LogP contribution >= 0.6 is 0 Å². The molecule has 13 unspecified atom stereocenters. The number of cyclic esters (lactones) is 1. The molecule has 3 fully saturated rings. The van der Waals surface area contributed by atoms with Crippen LogP contribution in [0.3, 0.4) is 0 Å². The van der Waals surface area contributed by atoms with Crippen LogP contribution in [0.4, 0.5) is 0 Å². The van der Waals surface area contributed by atoms with Crippen molar-refractivity contribution >= 4 is 31.8 Å². The summed E-state index contributed by atoms with van der Waals surface area (Å²) in [5, 5.41) is 12.2. The highest BCUT2D eigenvalue weighted by atomic mass is 28.4. The molecule has 0 spiro atoms. The molecule has 13 heteroatoms. The van der Waals surface area contributed by atoms with E-state index in [1.165, 1.54) is 4.90 Å². The third-order valence-corrected chi connectivity index (χ3v) is 21.7. The standard InChI is InChI=1S/C53H89NO11Si/c1-16-19-41-27-35(8)26-36(9)28-46(61-14)49-47(62-15)30-39(12)53(59,64-49)50(56)51(57)54-25-18-17-20-42(54)52(58)63-48(37(10)21-23-43(41)55)38(11)29-40-22-24-44(45(31-40)60-13)65-66(32(2)3,33(4)5)34(6)7/h21,23,27,29,32-34,36-37,39-42,44-49,59H,16-20,22,24-26,28,30-31H2,1-15H3. The van der Waals surface area contributed by atoms with Gasteiger partial charge in [-0.15, -0.1) is 0 Å². The zero-order valence-electron chi connectivity index (χ0n) is 43.4. The van der Waals surface area contributed by atoms with Crippen molar-refractivity contribution in [1.82, 2.24) is 4.90 Å². The Kier molecular flexibility index (Phi) is 21.1. The summed E-state index contributed by atoms with van der Waals surface area (Å²) in [6, 6.07) is -1.06. The molecule has 0 aromatic heterocycles. The van der Waals surface area contributed by atoms with Gasteiger partial charge >= 0.3 is 5.97 Å². The van der Waals surface area contributed by atoms with Gasteiger partial charge in [0.15, 0.2) is 5.78 Å². The first-order chi connectivity index (χ1) is 31.1. The minimum atomic E-state index is -2.47. The number of rotatable bonds is 12. The van der Waals surface area contributed by atoms with Crippen molar-refractivity contribution in [2.24, 2.45) is 29.6 Å². The molecule has 2 bridgehead atoms. The lowest BCUT2D eigenvalue weighted by molar-refractivity contribution is -0.302. The number of ether oxygens (including phenoxy) is 5. The molecule has 1 amide bonds. The fourth-order valence-corrected chi connectivity index (χ4v) is 17.7. The number of piperidine rings is 1. The molecular weight excluding hydrogens is 855 g/mol. The summed E-state index contributed by atoms with van der Waals surface area (Å²) in [4.78, 5) is 58.7. The molecule has 0 radical (unpaired) electrons. The molecule has 4 rings (SSSR count). The van der Waals surface area contributed by atoms with Gasteiger partial charge in [0.05, 0.1) is 24.4 Å². The van der Waals surface area contributed by atoms with Gasteiger partial charge in [-0.25, -0.2) is 4.79 Å². The molecule has 0 aromatic rings. The van der Waals surface area contributed by atoms with Crippen molar-refractivity contribution in [3.05, 3.63) is 35.5 Å². The second-order valence-corrected chi connectivity index (χ2v) is 26.9. The molecule has 1 saturated carbocycles. The number of nitrogens with zero attached hydrogens (tertiary/aromatic N) is 1. The van der Waals surface area contributed by atoms with E-state index in [0.717, 1.165) is 36.8 Å². The number of Topliss-reactive ketones (excluding diaryl/α,β-unsaturated/α-hetero) is 1. The van der Waals surface area contributed by atoms with E-state index < -0.39 is 74.1 Å². The molecule has 376 valence electrons. The van der Waals surface area contributed by atoms with E-state index in [4.69, 9.17) is 28.1 Å². The molecular formula is C53H89NO11Si. The monoisotopic (exact) mass is 944 g/mol. The lowest BCUT2D eigenvalue weighted by Gasteiger charge is -2.47. The third kappa shape index (κ3) is 13.0. The number of methoxy groups -OCH3 is 3. The number of carbonyl (C=O) groups is 4. The van der Waals surface area contributed by atoms with E-state index in [1.54, 1.807) is 34.3 Å². The molecule has 66 heavy (non-hydrogen) atoms. The summed E-state index contributed by atoms with van der Waals surface area (Å²) < 4.78 is 38.1. The van der Waals surface area contributed by atoms with E-state index in [0.29, 0.717) is 55.1 Å². The number of carbonyl (C=O) groups excluding carboxylic acids is 4. The number of aliphatic hydroxyl groups is 1. The van der Waals surface area contributed by atoms with Gasteiger partial charge in [0.25, 0.3) is 11.7 Å². The molecule has 12 nitrogen and oxygen atoms in total. The van der Waals surface area contributed by atoms with Crippen molar-refractivity contribution in [3.63, 3.8) is 0 Å². The summed E-state index contributed by atoms with van der Waals surface area (Å²) in [5.41, 5.74) is 3.25. The average molecular weight is 944 g/mol. The van der Waals surface area contributed by atoms with Crippen LogP contribution in [0, 0.1) is 29.6 Å². The number of esters is 1. The Balaban J connectivity index is 1.75. The smallest absolute Gasteiger partial charge is 0.329 e. The number of fused-ring (bicyclic) bond motifs is 3. The second-order valence-electron chi connectivity index (χ2n) is 21.5. The normalized spacial score (nSPS) is 35.5. The first-order valence-corrected chi connectivity index (χ1v) is 27.5. The third-order valence-electron chi connectivity index (χ3n) is 15.6. The first-order valence-electron chi connectivity index (χ1n) is 25.4. The maximum atomic E-state index is 14.6. The Bertz CT molecular complexity index is 1700. The summed E-state index contributed by atoms with van der Waals surface area (Å²) in [5.74, 6) is -6.56. The number of hydrogen-bond donors (Lipinski definition) is 1. The van der Waals surface area contributed by atoms with Crippen LogP contribution in [0.25, 0.3) is 0 Å². The van der Waals surface area contributed by atoms with E-state index in [2.05, 4.69) is 67.5 Å². The minimum Gasteiger partial charge on any atom is -0.456 e. The van der Waals surface area contributed by atoms with Crippen LogP contribution in [0.1, 0.15) is 154 Å². The van der Waals surface area contributed by atoms with Crippen LogP contribution in [-0.4, -0.2) is 118 Å². The fraction of sp³-hybridized carbons (Fsp3) is 0.811. The minimum absolute atomic E-state index is 0.0114. The zero-order valence-corrected chi connectivity index (χ0v) is 44.4. The number of allylic oxidation sites excluding steroid dienone is 4. The van der Waals surface area contributed by atoms with Crippen LogP contribution in [0.2, 0.25) is 16.6 Å². The van der Waals surface area contributed by atoms with Crippen molar-refractivity contribution in [2.45, 2.75) is 219 Å². The summed E-state index contributed by atoms with van der Waals surface area (Å²) in [7, 11) is 2.73. The van der Waals surface area contributed by atoms with Gasteiger partial charge in [0, 0.05) is 45.6 Å². The highest BCUT2D eigenvalue weighted by molar-refractivity contribution is 6.77. The lowest BCUT2D eigenvalue weighted by Crippen LogP contribution is -2.64. The fourth-order valence-electron chi connectivity index (χ4n) is 12.1. The molecule has 13 atom stereocenters.